The van der Waals surface area contributed by atoms with Crippen LogP contribution in [0, 0.1) is 11.6 Å². The van der Waals surface area contributed by atoms with Crippen molar-refractivity contribution in [1.29, 1.82) is 0 Å². The fourth-order valence-electron chi connectivity index (χ4n) is 1.78. The second-order valence-electron chi connectivity index (χ2n) is 4.78. The van der Waals surface area contributed by atoms with E-state index in [1.807, 2.05) is 30.3 Å². The van der Waals surface area contributed by atoms with Gasteiger partial charge in [-0.2, -0.15) is 5.10 Å². The van der Waals surface area contributed by atoms with Crippen molar-refractivity contribution in [3.63, 3.8) is 0 Å². The summed E-state index contributed by atoms with van der Waals surface area (Å²) in [5.41, 5.74) is 5.77. The van der Waals surface area contributed by atoms with Gasteiger partial charge in [-0.05, 0) is 17.7 Å². The largest absolute Gasteiger partial charge is 0.573 e. The molecule has 0 spiro atoms. The quantitative estimate of drug-likeness (QED) is 0.356. The maximum absolute atomic E-state index is 13.9. The van der Waals surface area contributed by atoms with Crippen LogP contribution in [0.3, 0.4) is 0 Å². The van der Waals surface area contributed by atoms with Gasteiger partial charge in [0.2, 0.25) is 0 Å². The molecule has 4 nitrogen and oxygen atoms in total. The zero-order valence-electron chi connectivity index (χ0n) is 13.0. The summed E-state index contributed by atoms with van der Waals surface area (Å²) in [6.45, 7) is 0. The number of alkyl halides is 3. The Labute approximate surface area is 149 Å². The number of nitrogens with zero attached hydrogens (tertiary/aromatic N) is 2. The van der Waals surface area contributed by atoms with Crippen LogP contribution in [0.1, 0.15) is 11.1 Å². The molecular formula is C16H12F5N3OS. The van der Waals surface area contributed by atoms with Crippen LogP contribution >= 0.6 is 11.8 Å². The first-order chi connectivity index (χ1) is 12.3. The Morgan fingerprint density at radius 2 is 1.81 bits per heavy atom. The van der Waals surface area contributed by atoms with Gasteiger partial charge in [0.15, 0.2) is 16.7 Å². The first-order valence-electron chi connectivity index (χ1n) is 7.03. The van der Waals surface area contributed by atoms with Crippen LogP contribution in [-0.4, -0.2) is 17.7 Å². The summed E-state index contributed by atoms with van der Waals surface area (Å²) in [5.74, 6) is -3.33. The lowest BCUT2D eigenvalue weighted by atomic mass is 10.2. The maximum atomic E-state index is 13.9. The Kier molecular flexibility index (Phi) is 6.56. The number of nitrogens with two attached hydrogens (primary N) is 1. The van der Waals surface area contributed by atoms with Gasteiger partial charge in [0.1, 0.15) is 5.82 Å². The number of hydrogen-bond donors (Lipinski definition) is 1. The topological polar surface area (TPSA) is 60.0 Å². The van der Waals surface area contributed by atoms with Gasteiger partial charge in [-0.15, -0.1) is 18.3 Å². The summed E-state index contributed by atoms with van der Waals surface area (Å²) in [5, 5.41) is 6.99. The third-order valence-electron chi connectivity index (χ3n) is 2.89. The minimum atomic E-state index is -5.11. The number of hydrogen-bond acceptors (Lipinski definition) is 4. The Balaban J connectivity index is 2.08. The van der Waals surface area contributed by atoms with Crippen molar-refractivity contribution in [2.75, 3.05) is 0 Å². The molecule has 0 aliphatic rings. The molecule has 2 aromatic carbocycles. The van der Waals surface area contributed by atoms with Gasteiger partial charge in [-0.1, -0.05) is 42.1 Å². The molecule has 0 aliphatic carbocycles. The molecule has 0 atom stereocenters. The first kappa shape index (κ1) is 19.7. The molecule has 2 aromatic rings. The molecule has 0 heterocycles. The molecule has 2 rings (SSSR count). The van der Waals surface area contributed by atoms with Crippen LogP contribution in [0.2, 0.25) is 0 Å². The smallest absolute Gasteiger partial charge is 0.403 e. The zero-order valence-corrected chi connectivity index (χ0v) is 13.8. The standard InChI is InChI=1S/C16H12F5N3OS/c17-12-6-7-13(25-16(19,20)21)14(18)11(12)8-23-24-15(22)26-9-10-4-2-1-3-5-10/h1-8H,9H2,(H2,22,24). The fourth-order valence-corrected chi connectivity index (χ4v) is 2.39. The first-order valence-corrected chi connectivity index (χ1v) is 8.02. The Morgan fingerprint density at radius 1 is 1.12 bits per heavy atom. The minimum absolute atomic E-state index is 0.0219. The highest BCUT2D eigenvalue weighted by Crippen LogP contribution is 2.28. The average Bonchev–Trinajstić information content (AvgIpc) is 2.58. The number of amidine groups is 1. The molecule has 0 aliphatic heterocycles. The van der Waals surface area contributed by atoms with Crippen LogP contribution in [0.25, 0.3) is 0 Å². The minimum Gasteiger partial charge on any atom is -0.403 e. The number of thioether (sulfide) groups is 1. The van der Waals surface area contributed by atoms with Crippen molar-refractivity contribution >= 4 is 23.1 Å². The third kappa shape index (κ3) is 6.03. The molecular weight excluding hydrogens is 377 g/mol. The fraction of sp³-hybridized carbons (Fsp3) is 0.125. The zero-order chi connectivity index (χ0) is 19.2. The van der Waals surface area contributed by atoms with E-state index in [2.05, 4.69) is 14.9 Å². The van der Waals surface area contributed by atoms with Gasteiger partial charge in [0.05, 0.1) is 11.8 Å². The van der Waals surface area contributed by atoms with Gasteiger partial charge in [-0.3, -0.25) is 0 Å². The van der Waals surface area contributed by atoms with Gasteiger partial charge in [-0.25, -0.2) is 8.78 Å². The van der Waals surface area contributed by atoms with E-state index in [-0.39, 0.29) is 5.17 Å². The third-order valence-corrected chi connectivity index (χ3v) is 3.74. The van der Waals surface area contributed by atoms with E-state index in [0.717, 1.165) is 17.3 Å². The van der Waals surface area contributed by atoms with Crippen LogP contribution in [0.4, 0.5) is 22.0 Å². The van der Waals surface area contributed by atoms with Gasteiger partial charge >= 0.3 is 6.36 Å². The SMILES string of the molecule is NC(=NN=Cc1c(F)ccc(OC(F)(F)F)c1F)SCc1ccccc1. The molecule has 138 valence electrons. The second kappa shape index (κ2) is 8.65. The van der Waals surface area contributed by atoms with E-state index in [0.29, 0.717) is 24.1 Å². The number of ether oxygens (including phenoxy) is 1. The highest BCUT2D eigenvalue weighted by atomic mass is 32.2. The summed E-state index contributed by atoms with van der Waals surface area (Å²) in [4.78, 5) is 0. The van der Waals surface area contributed by atoms with E-state index in [9.17, 15) is 22.0 Å². The number of rotatable bonds is 5. The van der Waals surface area contributed by atoms with Crippen molar-refractivity contribution in [3.05, 3.63) is 65.2 Å². The van der Waals surface area contributed by atoms with Crippen LogP contribution in [0.5, 0.6) is 5.75 Å². The Hall–Kier alpha value is -2.62. The van der Waals surface area contributed by atoms with E-state index >= 15 is 0 Å². The summed E-state index contributed by atoms with van der Waals surface area (Å²) in [6.07, 6.45) is -4.48. The average molecular weight is 389 g/mol. The van der Waals surface area contributed by atoms with E-state index in [4.69, 9.17) is 5.73 Å². The van der Waals surface area contributed by atoms with Crippen molar-refractivity contribution in [2.24, 2.45) is 15.9 Å². The predicted octanol–water partition coefficient (Wildman–Crippen LogP) is 4.45. The predicted molar refractivity (Wildman–Crippen MR) is 90.0 cm³/mol. The summed E-state index contributed by atoms with van der Waals surface area (Å²) in [6, 6.07) is 10.5. The van der Waals surface area contributed by atoms with Gasteiger partial charge in [0, 0.05) is 5.75 Å². The van der Waals surface area contributed by atoms with E-state index < -0.39 is 29.3 Å². The molecule has 2 N–H and O–H groups in total. The molecule has 0 unspecified atom stereocenters. The molecule has 26 heavy (non-hydrogen) atoms. The van der Waals surface area contributed by atoms with Crippen LogP contribution in [-0.2, 0) is 5.75 Å². The highest BCUT2D eigenvalue weighted by molar-refractivity contribution is 8.13. The maximum Gasteiger partial charge on any atom is 0.573 e. The van der Waals surface area contributed by atoms with Gasteiger partial charge in [0.25, 0.3) is 0 Å². The Bertz CT molecular complexity index is 810. The summed E-state index contributed by atoms with van der Waals surface area (Å²) in [7, 11) is 0. The molecule has 0 bridgehead atoms. The normalized spacial score (nSPS) is 12.6. The van der Waals surface area contributed by atoms with E-state index in [1.54, 1.807) is 0 Å². The van der Waals surface area contributed by atoms with Crippen LogP contribution in [0.15, 0.2) is 52.7 Å². The highest BCUT2D eigenvalue weighted by Gasteiger charge is 2.33. The monoisotopic (exact) mass is 389 g/mol. The lowest BCUT2D eigenvalue weighted by molar-refractivity contribution is -0.275. The lowest BCUT2D eigenvalue weighted by Gasteiger charge is -2.10. The molecule has 0 radical (unpaired) electrons. The molecule has 0 amide bonds. The number of benzene rings is 2. The van der Waals surface area contributed by atoms with E-state index in [1.165, 1.54) is 0 Å². The molecule has 0 aromatic heterocycles. The van der Waals surface area contributed by atoms with Crippen LogP contribution < -0.4 is 10.5 Å². The van der Waals surface area contributed by atoms with Crippen molar-refractivity contribution in [3.8, 4) is 5.75 Å². The summed E-state index contributed by atoms with van der Waals surface area (Å²) >= 11 is 1.14. The molecule has 0 saturated heterocycles. The molecule has 0 saturated carbocycles. The van der Waals surface area contributed by atoms with Crippen molar-refractivity contribution in [2.45, 2.75) is 12.1 Å². The van der Waals surface area contributed by atoms with Crippen molar-refractivity contribution < 1.29 is 26.7 Å². The molecule has 0 fully saturated rings. The second-order valence-corrected chi connectivity index (χ2v) is 5.77. The van der Waals surface area contributed by atoms with Gasteiger partial charge < -0.3 is 10.5 Å². The summed E-state index contributed by atoms with van der Waals surface area (Å²) < 4.78 is 67.5. The number of halogens is 5. The Morgan fingerprint density at radius 3 is 2.46 bits per heavy atom. The van der Waals surface area contributed by atoms with Crippen molar-refractivity contribution in [1.82, 2.24) is 0 Å². The molecule has 10 heteroatoms. The lowest BCUT2D eigenvalue weighted by Crippen LogP contribution is -2.18.